The normalized spacial score (nSPS) is 10.4. The summed E-state index contributed by atoms with van der Waals surface area (Å²) >= 11 is 3.10. The molecule has 0 radical (unpaired) electrons. The molecule has 2 rings (SSSR count). The van der Waals surface area contributed by atoms with Crippen LogP contribution in [0.3, 0.4) is 0 Å². The fraction of sp³-hybridized carbons (Fsp3) is 0.0714. The van der Waals surface area contributed by atoms with Crippen LogP contribution >= 0.6 is 15.9 Å². The number of aromatic carboxylic acids is 1. The van der Waals surface area contributed by atoms with Crippen molar-refractivity contribution in [2.45, 2.75) is 6.92 Å². The molecule has 4 heteroatoms. The van der Waals surface area contributed by atoms with Gasteiger partial charge in [-0.25, -0.2) is 9.18 Å². The quantitative estimate of drug-likeness (QED) is 0.900. The van der Waals surface area contributed by atoms with E-state index in [0.717, 1.165) is 5.56 Å². The molecule has 0 aliphatic rings. The summed E-state index contributed by atoms with van der Waals surface area (Å²) in [6.07, 6.45) is 0. The largest absolute Gasteiger partial charge is 0.478 e. The van der Waals surface area contributed by atoms with Crippen molar-refractivity contribution in [1.29, 1.82) is 0 Å². The number of carboxylic acids is 1. The fourth-order valence-electron chi connectivity index (χ4n) is 1.78. The number of carbonyl (C=O) groups is 1. The standard InChI is InChI=1S/C14H10BrFO2/c1-8-5-6-10(14(17)18)11(7-8)9-3-2-4-12(15)13(9)16/h2-7H,1H3,(H,17,18). The molecule has 2 aromatic carbocycles. The van der Waals surface area contributed by atoms with Gasteiger partial charge in [0.25, 0.3) is 0 Å². The number of carboxylic acid groups (broad SMARTS) is 1. The third-order valence-electron chi connectivity index (χ3n) is 2.65. The molecule has 2 aromatic rings. The van der Waals surface area contributed by atoms with Gasteiger partial charge in [-0.1, -0.05) is 29.8 Å². The maximum absolute atomic E-state index is 14.0. The lowest BCUT2D eigenvalue weighted by atomic mass is 9.97. The second-order valence-electron chi connectivity index (χ2n) is 3.96. The first-order valence-corrected chi connectivity index (χ1v) is 6.08. The van der Waals surface area contributed by atoms with Gasteiger partial charge in [0, 0.05) is 5.56 Å². The molecule has 0 aliphatic carbocycles. The van der Waals surface area contributed by atoms with Gasteiger partial charge >= 0.3 is 5.97 Å². The number of halogens is 2. The molecule has 1 N–H and O–H groups in total. The SMILES string of the molecule is Cc1ccc(C(=O)O)c(-c2cccc(Br)c2F)c1. The van der Waals surface area contributed by atoms with Crippen molar-refractivity contribution in [2.24, 2.45) is 0 Å². The van der Waals surface area contributed by atoms with Crippen LogP contribution in [0.2, 0.25) is 0 Å². The third kappa shape index (κ3) is 2.29. The predicted molar refractivity (Wildman–Crippen MR) is 71.2 cm³/mol. The van der Waals surface area contributed by atoms with Crippen molar-refractivity contribution in [2.75, 3.05) is 0 Å². The average molecular weight is 309 g/mol. The Kier molecular flexibility index (Phi) is 3.48. The van der Waals surface area contributed by atoms with Crippen LogP contribution in [-0.2, 0) is 0 Å². The summed E-state index contributed by atoms with van der Waals surface area (Å²) < 4.78 is 14.3. The zero-order valence-corrected chi connectivity index (χ0v) is 11.2. The Morgan fingerprint density at radius 1 is 1.22 bits per heavy atom. The zero-order chi connectivity index (χ0) is 13.3. The van der Waals surface area contributed by atoms with Crippen molar-refractivity contribution in [1.82, 2.24) is 0 Å². The third-order valence-corrected chi connectivity index (χ3v) is 3.26. The second-order valence-corrected chi connectivity index (χ2v) is 4.81. The van der Waals surface area contributed by atoms with Crippen LogP contribution < -0.4 is 0 Å². The molecule has 0 atom stereocenters. The number of aryl methyl sites for hydroxylation is 1. The molecule has 2 nitrogen and oxygen atoms in total. The predicted octanol–water partition coefficient (Wildman–Crippen LogP) is 4.26. The molecule has 0 saturated heterocycles. The van der Waals surface area contributed by atoms with Gasteiger partial charge in [0.15, 0.2) is 0 Å². The first-order valence-electron chi connectivity index (χ1n) is 5.29. The molecule has 0 amide bonds. The van der Waals surface area contributed by atoms with Gasteiger partial charge in [-0.05, 0) is 40.5 Å². The second kappa shape index (κ2) is 4.90. The average Bonchev–Trinajstić information content (AvgIpc) is 2.32. The van der Waals surface area contributed by atoms with Crippen molar-refractivity contribution in [3.63, 3.8) is 0 Å². The number of hydrogen-bond acceptors (Lipinski definition) is 1. The lowest BCUT2D eigenvalue weighted by molar-refractivity contribution is 0.0697. The molecule has 92 valence electrons. The van der Waals surface area contributed by atoms with Gasteiger partial charge in [0.1, 0.15) is 5.82 Å². The summed E-state index contributed by atoms with van der Waals surface area (Å²) in [7, 11) is 0. The molecule has 0 bridgehead atoms. The van der Waals surface area contributed by atoms with Crippen LogP contribution in [0.15, 0.2) is 40.9 Å². The molecule has 0 unspecified atom stereocenters. The van der Waals surface area contributed by atoms with E-state index < -0.39 is 11.8 Å². The number of rotatable bonds is 2. The minimum atomic E-state index is -1.07. The first-order chi connectivity index (χ1) is 8.50. The van der Waals surface area contributed by atoms with Gasteiger partial charge in [-0.2, -0.15) is 0 Å². The van der Waals surface area contributed by atoms with Gasteiger partial charge in [-0.15, -0.1) is 0 Å². The van der Waals surface area contributed by atoms with Crippen molar-refractivity contribution in [3.05, 3.63) is 57.8 Å². The van der Waals surface area contributed by atoms with Crippen LogP contribution in [-0.4, -0.2) is 11.1 Å². The Balaban J connectivity index is 2.73. The van der Waals surface area contributed by atoms with Gasteiger partial charge in [-0.3, -0.25) is 0 Å². The summed E-state index contributed by atoms with van der Waals surface area (Å²) in [4.78, 5) is 11.2. The molecule has 0 heterocycles. The minimum Gasteiger partial charge on any atom is -0.478 e. The van der Waals surface area contributed by atoms with Gasteiger partial charge < -0.3 is 5.11 Å². The molecule has 0 aliphatic heterocycles. The van der Waals surface area contributed by atoms with Gasteiger partial charge in [0.2, 0.25) is 0 Å². The lowest BCUT2D eigenvalue weighted by Gasteiger charge is -2.09. The monoisotopic (exact) mass is 308 g/mol. The Morgan fingerprint density at radius 2 is 1.94 bits per heavy atom. The highest BCUT2D eigenvalue weighted by molar-refractivity contribution is 9.10. The molecular weight excluding hydrogens is 299 g/mol. The Morgan fingerprint density at radius 3 is 2.61 bits per heavy atom. The molecule has 18 heavy (non-hydrogen) atoms. The van der Waals surface area contributed by atoms with E-state index in [9.17, 15) is 9.18 Å². The van der Waals surface area contributed by atoms with E-state index in [1.165, 1.54) is 6.07 Å². The molecular formula is C14H10BrFO2. The minimum absolute atomic E-state index is 0.0950. The maximum atomic E-state index is 14.0. The highest BCUT2D eigenvalue weighted by atomic mass is 79.9. The van der Waals surface area contributed by atoms with E-state index >= 15 is 0 Å². The van der Waals surface area contributed by atoms with E-state index in [-0.39, 0.29) is 11.1 Å². The topological polar surface area (TPSA) is 37.3 Å². The zero-order valence-electron chi connectivity index (χ0n) is 9.58. The summed E-state index contributed by atoms with van der Waals surface area (Å²) in [6, 6.07) is 9.69. The Bertz CT molecular complexity index is 623. The highest BCUT2D eigenvalue weighted by Crippen LogP contribution is 2.31. The summed E-state index contributed by atoms with van der Waals surface area (Å²) in [5.41, 5.74) is 1.65. The smallest absolute Gasteiger partial charge is 0.336 e. The van der Waals surface area contributed by atoms with Crippen molar-refractivity contribution < 1.29 is 14.3 Å². The van der Waals surface area contributed by atoms with Crippen LogP contribution in [0.25, 0.3) is 11.1 Å². The van der Waals surface area contributed by atoms with E-state index in [1.807, 2.05) is 6.92 Å². The van der Waals surface area contributed by atoms with Gasteiger partial charge in [0.05, 0.1) is 10.0 Å². The Labute approximate surface area is 112 Å². The van der Waals surface area contributed by atoms with Crippen LogP contribution in [0.1, 0.15) is 15.9 Å². The first kappa shape index (κ1) is 12.8. The maximum Gasteiger partial charge on any atom is 0.336 e. The highest BCUT2D eigenvalue weighted by Gasteiger charge is 2.16. The summed E-state index contributed by atoms with van der Waals surface area (Å²) in [5, 5.41) is 9.14. The molecule has 0 aromatic heterocycles. The van der Waals surface area contributed by atoms with Crippen molar-refractivity contribution >= 4 is 21.9 Å². The van der Waals surface area contributed by atoms with E-state index in [2.05, 4.69) is 15.9 Å². The van der Waals surface area contributed by atoms with E-state index in [0.29, 0.717) is 10.0 Å². The van der Waals surface area contributed by atoms with Crippen molar-refractivity contribution in [3.8, 4) is 11.1 Å². The molecule has 0 saturated carbocycles. The van der Waals surface area contributed by atoms with E-state index in [1.54, 1.807) is 30.3 Å². The molecule has 0 spiro atoms. The van der Waals surface area contributed by atoms with Crippen LogP contribution in [0.5, 0.6) is 0 Å². The fourth-order valence-corrected chi connectivity index (χ4v) is 2.15. The number of hydrogen-bond donors (Lipinski definition) is 1. The Hall–Kier alpha value is -1.68. The summed E-state index contributed by atoms with van der Waals surface area (Å²) in [6.45, 7) is 1.84. The summed E-state index contributed by atoms with van der Waals surface area (Å²) in [5.74, 6) is -1.52. The van der Waals surface area contributed by atoms with Crippen LogP contribution in [0, 0.1) is 12.7 Å². The number of benzene rings is 2. The molecule has 0 fully saturated rings. The van der Waals surface area contributed by atoms with Crippen LogP contribution in [0.4, 0.5) is 4.39 Å². The van der Waals surface area contributed by atoms with E-state index in [4.69, 9.17) is 5.11 Å². The lowest BCUT2D eigenvalue weighted by Crippen LogP contribution is -2.01.